The molecular formula is C10H12BrNO2. The molecule has 0 saturated heterocycles. The smallest absolute Gasteiger partial charge is 0.224 e. The minimum atomic E-state index is -0.00912. The van der Waals surface area contributed by atoms with E-state index in [2.05, 4.69) is 21.2 Å². The molecule has 0 bridgehead atoms. The van der Waals surface area contributed by atoms with E-state index in [9.17, 15) is 4.79 Å². The Labute approximate surface area is 91.6 Å². The summed E-state index contributed by atoms with van der Waals surface area (Å²) in [5, 5.41) is 2.76. The van der Waals surface area contributed by atoms with Crippen molar-refractivity contribution in [3.05, 3.63) is 22.7 Å². The number of carbonyl (C=O) groups excluding carboxylic acids is 1. The molecule has 0 aliphatic carbocycles. The topological polar surface area (TPSA) is 38.3 Å². The number of amides is 1. The molecule has 1 rings (SSSR count). The first-order chi connectivity index (χ1) is 6.65. The van der Waals surface area contributed by atoms with Gasteiger partial charge in [-0.15, -0.1) is 0 Å². The fourth-order valence-corrected chi connectivity index (χ4v) is 1.47. The third-order valence-corrected chi connectivity index (χ3v) is 2.17. The summed E-state index contributed by atoms with van der Waals surface area (Å²) in [6, 6.07) is 5.44. The first-order valence-corrected chi connectivity index (χ1v) is 5.09. The van der Waals surface area contributed by atoms with Crippen LogP contribution in [0.5, 0.6) is 5.75 Å². The summed E-state index contributed by atoms with van der Waals surface area (Å²) < 4.78 is 5.95. The van der Waals surface area contributed by atoms with Crippen LogP contribution in [0.25, 0.3) is 0 Å². The number of methoxy groups -OCH3 is 1. The van der Waals surface area contributed by atoms with Crippen molar-refractivity contribution in [2.24, 2.45) is 0 Å². The molecule has 0 saturated carbocycles. The summed E-state index contributed by atoms with van der Waals surface area (Å²) >= 11 is 3.33. The fourth-order valence-electron chi connectivity index (χ4n) is 1.00. The van der Waals surface area contributed by atoms with Crippen LogP contribution in [-0.2, 0) is 4.79 Å². The Morgan fingerprint density at radius 3 is 2.79 bits per heavy atom. The second kappa shape index (κ2) is 5.00. The van der Waals surface area contributed by atoms with Crippen LogP contribution >= 0.6 is 15.9 Å². The Bertz CT molecular complexity index is 339. The van der Waals surface area contributed by atoms with Crippen LogP contribution in [0.2, 0.25) is 0 Å². The van der Waals surface area contributed by atoms with Gasteiger partial charge in [-0.25, -0.2) is 0 Å². The molecule has 0 radical (unpaired) electrons. The first-order valence-electron chi connectivity index (χ1n) is 4.30. The molecule has 0 spiro atoms. The minimum Gasteiger partial charge on any atom is -0.497 e. The van der Waals surface area contributed by atoms with Gasteiger partial charge in [0.2, 0.25) is 5.91 Å². The summed E-state index contributed by atoms with van der Waals surface area (Å²) in [6.45, 7) is 1.81. The van der Waals surface area contributed by atoms with Crippen molar-refractivity contribution in [3.8, 4) is 5.75 Å². The second-order valence-corrected chi connectivity index (χ2v) is 3.70. The Morgan fingerprint density at radius 1 is 1.50 bits per heavy atom. The summed E-state index contributed by atoms with van der Waals surface area (Å²) in [7, 11) is 1.59. The van der Waals surface area contributed by atoms with Gasteiger partial charge in [0, 0.05) is 22.6 Å². The summed E-state index contributed by atoms with van der Waals surface area (Å²) in [4.78, 5) is 11.1. The lowest BCUT2D eigenvalue weighted by Gasteiger charge is -2.06. The number of nitrogens with one attached hydrogen (secondary N) is 1. The predicted octanol–water partition coefficient (Wildman–Crippen LogP) is 2.81. The van der Waals surface area contributed by atoms with E-state index in [1.54, 1.807) is 13.2 Å². The molecule has 1 amide bonds. The van der Waals surface area contributed by atoms with Crippen LogP contribution in [0.4, 0.5) is 5.69 Å². The standard InChI is InChI=1S/C10H12BrNO2/c1-3-10(13)12-8-4-7(11)5-9(6-8)14-2/h4-6H,3H2,1-2H3,(H,12,13). The van der Waals surface area contributed by atoms with Crippen molar-refractivity contribution in [1.29, 1.82) is 0 Å². The molecule has 0 aromatic heterocycles. The number of hydrogen-bond acceptors (Lipinski definition) is 2. The third kappa shape index (κ3) is 3.03. The van der Waals surface area contributed by atoms with Gasteiger partial charge >= 0.3 is 0 Å². The molecule has 76 valence electrons. The van der Waals surface area contributed by atoms with Gasteiger partial charge in [-0.1, -0.05) is 22.9 Å². The average Bonchev–Trinajstić information content (AvgIpc) is 2.16. The monoisotopic (exact) mass is 257 g/mol. The molecule has 14 heavy (non-hydrogen) atoms. The van der Waals surface area contributed by atoms with E-state index in [1.807, 2.05) is 19.1 Å². The molecule has 0 unspecified atom stereocenters. The van der Waals surface area contributed by atoms with Crippen LogP contribution in [0.3, 0.4) is 0 Å². The van der Waals surface area contributed by atoms with Crippen LogP contribution in [0.15, 0.2) is 22.7 Å². The lowest BCUT2D eigenvalue weighted by atomic mass is 10.3. The first kappa shape index (κ1) is 11.0. The average molecular weight is 258 g/mol. The number of ether oxygens (including phenoxy) is 1. The van der Waals surface area contributed by atoms with Crippen LogP contribution in [0.1, 0.15) is 13.3 Å². The van der Waals surface area contributed by atoms with E-state index in [1.165, 1.54) is 0 Å². The van der Waals surface area contributed by atoms with Gasteiger partial charge in [-0.05, 0) is 12.1 Å². The number of hydrogen-bond donors (Lipinski definition) is 1. The van der Waals surface area contributed by atoms with Crippen molar-refractivity contribution in [2.45, 2.75) is 13.3 Å². The molecule has 0 aliphatic rings. The van der Waals surface area contributed by atoms with Crippen LogP contribution < -0.4 is 10.1 Å². The Morgan fingerprint density at radius 2 is 2.21 bits per heavy atom. The van der Waals surface area contributed by atoms with E-state index >= 15 is 0 Å². The van der Waals surface area contributed by atoms with Gasteiger partial charge in [0.05, 0.1) is 7.11 Å². The largest absolute Gasteiger partial charge is 0.497 e. The highest BCUT2D eigenvalue weighted by molar-refractivity contribution is 9.10. The maximum atomic E-state index is 11.1. The van der Waals surface area contributed by atoms with E-state index in [-0.39, 0.29) is 5.91 Å². The van der Waals surface area contributed by atoms with Gasteiger partial charge in [-0.3, -0.25) is 4.79 Å². The summed E-state index contributed by atoms with van der Waals surface area (Å²) in [6.07, 6.45) is 0.467. The van der Waals surface area contributed by atoms with E-state index in [4.69, 9.17) is 4.74 Å². The molecule has 4 heteroatoms. The fraction of sp³-hybridized carbons (Fsp3) is 0.300. The van der Waals surface area contributed by atoms with Crippen LogP contribution in [0, 0.1) is 0 Å². The highest BCUT2D eigenvalue weighted by atomic mass is 79.9. The zero-order valence-electron chi connectivity index (χ0n) is 8.13. The highest BCUT2D eigenvalue weighted by Crippen LogP contribution is 2.24. The summed E-state index contributed by atoms with van der Waals surface area (Å²) in [5.41, 5.74) is 0.739. The number of halogens is 1. The third-order valence-electron chi connectivity index (χ3n) is 1.71. The van der Waals surface area contributed by atoms with Crippen molar-refractivity contribution >= 4 is 27.5 Å². The van der Waals surface area contributed by atoms with Crippen molar-refractivity contribution in [1.82, 2.24) is 0 Å². The minimum absolute atomic E-state index is 0.00912. The van der Waals surface area contributed by atoms with Gasteiger partial charge in [0.1, 0.15) is 5.75 Å². The van der Waals surface area contributed by atoms with Gasteiger partial charge in [0.15, 0.2) is 0 Å². The number of carbonyl (C=O) groups is 1. The molecule has 1 N–H and O–H groups in total. The van der Waals surface area contributed by atoms with Crippen molar-refractivity contribution in [3.63, 3.8) is 0 Å². The normalized spacial score (nSPS) is 9.64. The van der Waals surface area contributed by atoms with Gasteiger partial charge < -0.3 is 10.1 Å². The van der Waals surface area contributed by atoms with Crippen molar-refractivity contribution in [2.75, 3.05) is 12.4 Å². The Balaban J connectivity index is 2.86. The zero-order valence-corrected chi connectivity index (χ0v) is 9.72. The van der Waals surface area contributed by atoms with Gasteiger partial charge in [0.25, 0.3) is 0 Å². The number of rotatable bonds is 3. The second-order valence-electron chi connectivity index (χ2n) is 2.78. The lowest BCUT2D eigenvalue weighted by Crippen LogP contribution is -2.09. The quantitative estimate of drug-likeness (QED) is 0.905. The van der Waals surface area contributed by atoms with E-state index < -0.39 is 0 Å². The van der Waals surface area contributed by atoms with E-state index in [0.717, 1.165) is 10.2 Å². The molecular weight excluding hydrogens is 246 g/mol. The number of anilines is 1. The molecule has 1 aromatic carbocycles. The van der Waals surface area contributed by atoms with Crippen molar-refractivity contribution < 1.29 is 9.53 Å². The van der Waals surface area contributed by atoms with E-state index in [0.29, 0.717) is 12.2 Å². The number of benzene rings is 1. The van der Waals surface area contributed by atoms with Gasteiger partial charge in [-0.2, -0.15) is 0 Å². The molecule has 1 aromatic rings. The molecule has 3 nitrogen and oxygen atoms in total. The Hall–Kier alpha value is -1.03. The molecule has 0 aliphatic heterocycles. The maximum Gasteiger partial charge on any atom is 0.224 e. The maximum absolute atomic E-state index is 11.1. The Kier molecular flexibility index (Phi) is 3.95. The lowest BCUT2D eigenvalue weighted by molar-refractivity contribution is -0.115. The molecule has 0 fully saturated rings. The highest BCUT2D eigenvalue weighted by Gasteiger charge is 2.02. The predicted molar refractivity (Wildman–Crippen MR) is 59.6 cm³/mol. The molecule has 0 heterocycles. The summed E-state index contributed by atoms with van der Waals surface area (Å²) in [5.74, 6) is 0.705. The molecule has 0 atom stereocenters. The van der Waals surface area contributed by atoms with Crippen LogP contribution in [-0.4, -0.2) is 13.0 Å². The SMILES string of the molecule is CCC(=O)Nc1cc(Br)cc(OC)c1. The zero-order chi connectivity index (χ0) is 10.6.